The maximum atomic E-state index is 12.5. The first kappa shape index (κ1) is 14.7. The molecular weight excluding hydrogens is 245 g/mol. The van der Waals surface area contributed by atoms with Crippen LogP contribution >= 0.6 is 0 Å². The van der Waals surface area contributed by atoms with E-state index < -0.39 is 35.1 Å². The largest absolute Gasteiger partial charge is 0.473 e. The maximum Gasteiger partial charge on any atom is 0.414 e. The highest BCUT2D eigenvalue weighted by atomic mass is 19.1. The highest BCUT2D eigenvalue weighted by Gasteiger charge is 2.08. The van der Waals surface area contributed by atoms with E-state index in [1.54, 1.807) is 5.43 Å². The molecule has 0 unspecified atom stereocenters. The second kappa shape index (κ2) is 6.33. The smallest absolute Gasteiger partial charge is 0.414 e. The number of anilines is 1. The Kier molecular flexibility index (Phi) is 5.47. The van der Waals surface area contributed by atoms with Gasteiger partial charge in [0.2, 0.25) is 0 Å². The van der Waals surface area contributed by atoms with Crippen molar-refractivity contribution in [3.05, 3.63) is 29.6 Å². The van der Waals surface area contributed by atoms with E-state index in [2.05, 4.69) is 0 Å². The van der Waals surface area contributed by atoms with Crippen LogP contribution in [0, 0.1) is 17.5 Å². The lowest BCUT2D eigenvalue weighted by Gasteiger charge is -2.02. The van der Waals surface area contributed by atoms with E-state index in [0.29, 0.717) is 12.1 Å². The van der Waals surface area contributed by atoms with E-state index >= 15 is 0 Å². The zero-order valence-electron chi connectivity index (χ0n) is 8.08. The fraction of sp³-hybridized carbons (Fsp3) is 0. The molecule has 5 N–H and O–H groups in total. The first-order valence-corrected chi connectivity index (χ1v) is 3.87. The first-order chi connectivity index (χ1) is 7.79. The van der Waals surface area contributed by atoms with Gasteiger partial charge < -0.3 is 15.6 Å². The molecule has 0 aliphatic heterocycles. The summed E-state index contributed by atoms with van der Waals surface area (Å²) in [5.74, 6) is -1.97. The molecule has 0 amide bonds. The summed E-state index contributed by atoms with van der Waals surface area (Å²) in [4.78, 5) is 18.2. The molecule has 0 aliphatic carbocycles. The van der Waals surface area contributed by atoms with Gasteiger partial charge in [-0.25, -0.2) is 22.8 Å². The molecule has 0 atom stereocenters. The summed E-state index contributed by atoms with van der Waals surface area (Å²) in [5, 5.41) is 14.8. The number of aliphatic carboxylic acids is 2. The molecule has 0 spiro atoms. The summed E-state index contributed by atoms with van der Waals surface area (Å²) in [6.07, 6.45) is 0. The van der Waals surface area contributed by atoms with Gasteiger partial charge in [0.1, 0.15) is 11.5 Å². The highest BCUT2D eigenvalue weighted by Crippen LogP contribution is 2.18. The molecule has 1 rings (SSSR count). The van der Waals surface area contributed by atoms with E-state index in [0.717, 1.165) is 0 Å². The van der Waals surface area contributed by atoms with Gasteiger partial charge in [0.15, 0.2) is 11.6 Å². The topological polar surface area (TPSA) is 113 Å². The molecule has 0 saturated carbocycles. The summed E-state index contributed by atoms with van der Waals surface area (Å²) < 4.78 is 37.2. The molecule has 94 valence electrons. The Hall–Kier alpha value is -2.29. The van der Waals surface area contributed by atoms with Gasteiger partial charge in [-0.1, -0.05) is 0 Å². The number of halogens is 3. The number of nitrogens with two attached hydrogens (primary N) is 1. The van der Waals surface area contributed by atoms with Crippen molar-refractivity contribution in [3.8, 4) is 0 Å². The van der Waals surface area contributed by atoms with Crippen molar-refractivity contribution < 1.29 is 33.0 Å². The average Bonchev–Trinajstić information content (AvgIpc) is 2.17. The van der Waals surface area contributed by atoms with E-state index in [9.17, 15) is 13.2 Å². The molecule has 0 heterocycles. The first-order valence-electron chi connectivity index (χ1n) is 3.87. The van der Waals surface area contributed by atoms with Gasteiger partial charge in [0.25, 0.3) is 0 Å². The minimum absolute atomic E-state index is 0.536. The van der Waals surface area contributed by atoms with Crippen LogP contribution in [0.15, 0.2) is 12.1 Å². The summed E-state index contributed by atoms with van der Waals surface area (Å²) in [6.45, 7) is 0. The molecular formula is C8H7F3N2O4. The van der Waals surface area contributed by atoms with Crippen LogP contribution in [-0.4, -0.2) is 22.2 Å². The average molecular weight is 252 g/mol. The molecule has 0 aliphatic rings. The van der Waals surface area contributed by atoms with Crippen LogP contribution in [0.5, 0.6) is 0 Å². The monoisotopic (exact) mass is 252 g/mol. The third-order valence-electron chi connectivity index (χ3n) is 1.33. The van der Waals surface area contributed by atoms with Crippen LogP contribution in [0.1, 0.15) is 0 Å². The third kappa shape index (κ3) is 4.84. The second-order valence-corrected chi connectivity index (χ2v) is 2.50. The molecule has 0 bridgehead atoms. The van der Waals surface area contributed by atoms with Crippen molar-refractivity contribution in [1.29, 1.82) is 0 Å². The van der Waals surface area contributed by atoms with Crippen molar-refractivity contribution in [2.24, 2.45) is 5.84 Å². The van der Waals surface area contributed by atoms with Gasteiger partial charge in [-0.3, -0.25) is 5.84 Å². The highest BCUT2D eigenvalue weighted by molar-refractivity contribution is 6.27. The predicted molar refractivity (Wildman–Crippen MR) is 49.4 cm³/mol. The Labute approximate surface area is 92.4 Å². The van der Waals surface area contributed by atoms with E-state index in [1.165, 1.54) is 0 Å². The Morgan fingerprint density at radius 2 is 1.41 bits per heavy atom. The van der Waals surface area contributed by atoms with Gasteiger partial charge >= 0.3 is 11.9 Å². The Morgan fingerprint density at radius 3 is 1.65 bits per heavy atom. The normalized spacial score (nSPS) is 8.94. The summed E-state index contributed by atoms with van der Waals surface area (Å²) in [5.41, 5.74) is 1.24. The Morgan fingerprint density at radius 1 is 1.06 bits per heavy atom. The molecule has 1 aromatic rings. The standard InChI is InChI=1S/C6H5F3N2.C2H2O4/c7-3-1-4(8)6(11-10)5(9)2-3;3-1(4)2(5)6/h1-2,11H,10H2;(H,3,4)(H,5,6). The van der Waals surface area contributed by atoms with Gasteiger partial charge in [0.05, 0.1) is 0 Å². The fourth-order valence-corrected chi connectivity index (χ4v) is 0.680. The molecule has 0 radical (unpaired) electrons. The van der Waals surface area contributed by atoms with E-state index in [-0.39, 0.29) is 0 Å². The SMILES string of the molecule is NNc1c(F)cc(F)cc1F.O=C(O)C(=O)O. The molecule has 6 nitrogen and oxygen atoms in total. The van der Waals surface area contributed by atoms with Gasteiger partial charge in [0, 0.05) is 12.1 Å². The quantitative estimate of drug-likeness (QED) is 0.330. The number of hydrogen-bond acceptors (Lipinski definition) is 4. The molecule has 0 saturated heterocycles. The zero-order chi connectivity index (χ0) is 13.6. The van der Waals surface area contributed by atoms with Crippen LogP contribution in [-0.2, 0) is 9.59 Å². The lowest BCUT2D eigenvalue weighted by atomic mass is 10.3. The van der Waals surface area contributed by atoms with Crippen LogP contribution < -0.4 is 11.3 Å². The number of rotatable bonds is 1. The molecule has 0 fully saturated rings. The van der Waals surface area contributed by atoms with Crippen molar-refractivity contribution in [3.63, 3.8) is 0 Å². The molecule has 9 heteroatoms. The van der Waals surface area contributed by atoms with Crippen LogP contribution in [0.2, 0.25) is 0 Å². The zero-order valence-corrected chi connectivity index (χ0v) is 8.08. The summed E-state index contributed by atoms with van der Waals surface area (Å²) in [6, 6.07) is 1.08. The van der Waals surface area contributed by atoms with Gasteiger partial charge in [-0.2, -0.15) is 0 Å². The van der Waals surface area contributed by atoms with Crippen molar-refractivity contribution in [1.82, 2.24) is 0 Å². The minimum Gasteiger partial charge on any atom is -0.473 e. The van der Waals surface area contributed by atoms with Crippen LogP contribution in [0.3, 0.4) is 0 Å². The minimum atomic E-state index is -1.82. The van der Waals surface area contributed by atoms with Crippen LogP contribution in [0.25, 0.3) is 0 Å². The number of carboxylic acids is 2. The Balaban J connectivity index is 0.000000366. The lowest BCUT2D eigenvalue weighted by Crippen LogP contribution is -2.10. The number of carbonyl (C=O) groups is 2. The third-order valence-corrected chi connectivity index (χ3v) is 1.33. The Bertz CT molecular complexity index is 404. The number of carboxylic acid groups (broad SMARTS) is 2. The molecule has 0 aromatic heterocycles. The molecule has 1 aromatic carbocycles. The second-order valence-electron chi connectivity index (χ2n) is 2.50. The van der Waals surface area contributed by atoms with Gasteiger partial charge in [-0.05, 0) is 0 Å². The van der Waals surface area contributed by atoms with Gasteiger partial charge in [-0.15, -0.1) is 0 Å². The summed E-state index contributed by atoms with van der Waals surface area (Å²) in [7, 11) is 0. The number of hydrogen-bond donors (Lipinski definition) is 4. The fourth-order valence-electron chi connectivity index (χ4n) is 0.680. The van der Waals surface area contributed by atoms with Crippen LogP contribution in [0.4, 0.5) is 18.9 Å². The van der Waals surface area contributed by atoms with E-state index in [4.69, 9.17) is 25.6 Å². The van der Waals surface area contributed by atoms with Crippen molar-refractivity contribution in [2.75, 3.05) is 5.43 Å². The maximum absolute atomic E-state index is 12.5. The van der Waals surface area contributed by atoms with Crippen molar-refractivity contribution in [2.45, 2.75) is 0 Å². The summed E-state index contributed by atoms with van der Waals surface area (Å²) >= 11 is 0. The molecule has 17 heavy (non-hydrogen) atoms. The predicted octanol–water partition coefficient (Wildman–Crippen LogP) is 0.545. The van der Waals surface area contributed by atoms with E-state index in [1.807, 2.05) is 0 Å². The number of nitrogens with one attached hydrogen (secondary N) is 1. The van der Waals surface area contributed by atoms with Crippen molar-refractivity contribution >= 4 is 17.6 Å². The number of nitrogen functional groups attached to an aromatic ring is 1. The number of benzene rings is 1. The number of hydrazine groups is 1. The lowest BCUT2D eigenvalue weighted by molar-refractivity contribution is -0.159.